The van der Waals surface area contributed by atoms with Crippen molar-refractivity contribution >= 4 is 44.8 Å². The van der Waals surface area contributed by atoms with Crippen LogP contribution >= 0.6 is 38.9 Å². The van der Waals surface area contributed by atoms with Gasteiger partial charge in [-0.3, -0.25) is 4.79 Å². The van der Waals surface area contributed by atoms with Crippen molar-refractivity contribution in [2.45, 2.75) is 25.4 Å². The number of carbonyl (C=O) groups is 1. The molecule has 1 rings (SSSR count). The Labute approximate surface area is 105 Å². The summed E-state index contributed by atoms with van der Waals surface area (Å²) in [5, 5.41) is 18.1. The minimum atomic E-state index is -0.840. The van der Waals surface area contributed by atoms with Crippen molar-refractivity contribution in [3.8, 4) is 0 Å². The lowest BCUT2D eigenvalue weighted by Crippen LogP contribution is -1.98. The molecule has 6 heteroatoms. The quantitative estimate of drug-likeness (QED) is 0.875. The van der Waals surface area contributed by atoms with Crippen molar-refractivity contribution in [3.05, 3.63) is 19.8 Å². The maximum Gasteiger partial charge on any atom is 0.303 e. The molecule has 0 radical (unpaired) electrons. The summed E-state index contributed by atoms with van der Waals surface area (Å²) in [6.07, 6.45) is 0.356. The minimum absolute atomic E-state index is 0.0807. The van der Waals surface area contributed by atoms with Gasteiger partial charge in [0.25, 0.3) is 0 Å². The first-order valence-electron chi connectivity index (χ1n) is 4.35. The van der Waals surface area contributed by atoms with E-state index >= 15 is 0 Å². The van der Waals surface area contributed by atoms with Crippen LogP contribution in [0.4, 0.5) is 0 Å². The molecule has 0 saturated carbocycles. The van der Waals surface area contributed by atoms with Gasteiger partial charge in [-0.05, 0) is 34.8 Å². The van der Waals surface area contributed by atoms with E-state index in [0.29, 0.717) is 17.2 Å². The lowest BCUT2D eigenvalue weighted by molar-refractivity contribution is -0.137. The minimum Gasteiger partial charge on any atom is -0.481 e. The van der Waals surface area contributed by atoms with E-state index in [1.54, 1.807) is 6.07 Å². The van der Waals surface area contributed by atoms with Gasteiger partial charge in [0, 0.05) is 15.8 Å². The maximum absolute atomic E-state index is 10.3. The lowest BCUT2D eigenvalue weighted by atomic mass is 10.1. The number of carboxylic acid groups (broad SMARTS) is 1. The molecule has 1 aromatic rings. The molecule has 1 unspecified atom stereocenters. The van der Waals surface area contributed by atoms with E-state index < -0.39 is 12.1 Å². The van der Waals surface area contributed by atoms with Gasteiger partial charge in [-0.1, -0.05) is 11.6 Å². The second-order valence-corrected chi connectivity index (χ2v) is 5.61. The predicted molar refractivity (Wildman–Crippen MR) is 63.5 cm³/mol. The summed E-state index contributed by atoms with van der Waals surface area (Å²) in [6.45, 7) is 0. The third-order valence-corrected chi connectivity index (χ3v) is 4.44. The van der Waals surface area contributed by atoms with E-state index in [2.05, 4.69) is 15.9 Å². The molecule has 2 N–H and O–H groups in total. The van der Waals surface area contributed by atoms with E-state index in [-0.39, 0.29) is 6.42 Å². The van der Waals surface area contributed by atoms with Gasteiger partial charge < -0.3 is 10.2 Å². The standard InChI is InChI=1S/C9H10BrClO3S/c10-5-4-7(15-9(5)11)6(12)2-1-3-8(13)14/h4,6,12H,1-3H2,(H,13,14). The van der Waals surface area contributed by atoms with Gasteiger partial charge in [0.1, 0.15) is 4.34 Å². The molecule has 0 bridgehead atoms. The van der Waals surface area contributed by atoms with Crippen LogP contribution in [-0.2, 0) is 4.79 Å². The first-order chi connectivity index (χ1) is 7.00. The van der Waals surface area contributed by atoms with Crippen molar-refractivity contribution in [1.29, 1.82) is 0 Å². The summed E-state index contributed by atoms with van der Waals surface area (Å²) in [4.78, 5) is 11.0. The third kappa shape index (κ3) is 4.10. The topological polar surface area (TPSA) is 57.5 Å². The molecule has 1 atom stereocenters. The molecule has 0 saturated heterocycles. The Morgan fingerprint density at radius 1 is 1.67 bits per heavy atom. The Morgan fingerprint density at radius 3 is 2.80 bits per heavy atom. The monoisotopic (exact) mass is 312 g/mol. The van der Waals surface area contributed by atoms with Gasteiger partial charge in [0.2, 0.25) is 0 Å². The van der Waals surface area contributed by atoms with Gasteiger partial charge in [-0.2, -0.15) is 0 Å². The summed E-state index contributed by atoms with van der Waals surface area (Å²) in [7, 11) is 0. The predicted octanol–water partition coefficient (Wildman–Crippen LogP) is 3.45. The second kappa shape index (κ2) is 5.84. The molecule has 1 aromatic heterocycles. The lowest BCUT2D eigenvalue weighted by Gasteiger charge is -2.06. The van der Waals surface area contributed by atoms with Gasteiger partial charge >= 0.3 is 5.97 Å². The molecule has 0 fully saturated rings. The van der Waals surface area contributed by atoms with Crippen molar-refractivity contribution in [3.63, 3.8) is 0 Å². The molecular formula is C9H10BrClO3S. The first kappa shape index (κ1) is 13.0. The average molecular weight is 314 g/mol. The van der Waals surface area contributed by atoms with Gasteiger partial charge in [0.15, 0.2) is 0 Å². The van der Waals surface area contributed by atoms with Crippen LogP contribution in [-0.4, -0.2) is 16.2 Å². The summed E-state index contributed by atoms with van der Waals surface area (Å²) in [6, 6.07) is 1.76. The SMILES string of the molecule is O=C(O)CCCC(O)c1cc(Br)c(Cl)s1. The van der Waals surface area contributed by atoms with E-state index in [1.807, 2.05) is 0 Å². The second-order valence-electron chi connectivity index (χ2n) is 3.07. The average Bonchev–Trinajstić information content (AvgIpc) is 2.46. The van der Waals surface area contributed by atoms with Crippen molar-refractivity contribution < 1.29 is 15.0 Å². The van der Waals surface area contributed by atoms with Crippen LogP contribution in [0.15, 0.2) is 10.5 Å². The summed E-state index contributed by atoms with van der Waals surface area (Å²) in [5.41, 5.74) is 0. The number of carboxylic acids is 1. The molecule has 0 amide bonds. The smallest absolute Gasteiger partial charge is 0.303 e. The molecule has 15 heavy (non-hydrogen) atoms. The summed E-state index contributed by atoms with van der Waals surface area (Å²) < 4.78 is 1.36. The fraction of sp³-hybridized carbons (Fsp3) is 0.444. The van der Waals surface area contributed by atoms with Crippen LogP contribution in [0.1, 0.15) is 30.2 Å². The number of aliphatic hydroxyl groups excluding tert-OH is 1. The molecular weight excluding hydrogens is 304 g/mol. The van der Waals surface area contributed by atoms with E-state index in [0.717, 1.165) is 9.35 Å². The Kier molecular flexibility index (Phi) is 5.05. The molecule has 3 nitrogen and oxygen atoms in total. The number of hydrogen-bond acceptors (Lipinski definition) is 3. The number of aliphatic hydroxyl groups is 1. The highest BCUT2D eigenvalue weighted by atomic mass is 79.9. The number of hydrogen-bond donors (Lipinski definition) is 2. The van der Waals surface area contributed by atoms with Crippen LogP contribution in [0.25, 0.3) is 0 Å². The third-order valence-electron chi connectivity index (χ3n) is 1.86. The molecule has 0 spiro atoms. The Balaban J connectivity index is 2.46. The highest BCUT2D eigenvalue weighted by molar-refractivity contribution is 9.10. The molecule has 84 valence electrons. The Morgan fingerprint density at radius 2 is 2.33 bits per heavy atom. The first-order valence-corrected chi connectivity index (χ1v) is 6.34. The van der Waals surface area contributed by atoms with Crippen LogP contribution in [0.5, 0.6) is 0 Å². The van der Waals surface area contributed by atoms with Crippen molar-refractivity contribution in [1.82, 2.24) is 0 Å². The fourth-order valence-corrected chi connectivity index (χ4v) is 2.87. The number of thiophene rings is 1. The van der Waals surface area contributed by atoms with Crippen LogP contribution in [0.3, 0.4) is 0 Å². The Bertz CT molecular complexity index is 334. The van der Waals surface area contributed by atoms with Crippen LogP contribution in [0, 0.1) is 0 Å². The van der Waals surface area contributed by atoms with Crippen LogP contribution in [0.2, 0.25) is 4.34 Å². The highest BCUT2D eigenvalue weighted by Crippen LogP contribution is 2.36. The fourth-order valence-electron chi connectivity index (χ4n) is 1.12. The number of rotatable bonds is 5. The van der Waals surface area contributed by atoms with E-state index in [1.165, 1.54) is 11.3 Å². The zero-order valence-electron chi connectivity index (χ0n) is 7.74. The van der Waals surface area contributed by atoms with Crippen molar-refractivity contribution in [2.75, 3.05) is 0 Å². The molecule has 0 aliphatic carbocycles. The summed E-state index contributed by atoms with van der Waals surface area (Å²) >= 11 is 10.4. The highest BCUT2D eigenvalue weighted by Gasteiger charge is 2.13. The maximum atomic E-state index is 10.3. The van der Waals surface area contributed by atoms with E-state index in [9.17, 15) is 9.90 Å². The van der Waals surface area contributed by atoms with Crippen molar-refractivity contribution in [2.24, 2.45) is 0 Å². The van der Waals surface area contributed by atoms with Gasteiger partial charge in [-0.15, -0.1) is 11.3 Å². The van der Waals surface area contributed by atoms with E-state index in [4.69, 9.17) is 16.7 Å². The number of aliphatic carboxylic acids is 1. The Hall–Kier alpha value is -0.100. The molecule has 0 aromatic carbocycles. The molecule has 0 aliphatic rings. The normalized spacial score (nSPS) is 12.7. The zero-order chi connectivity index (χ0) is 11.4. The van der Waals surface area contributed by atoms with Crippen LogP contribution < -0.4 is 0 Å². The van der Waals surface area contributed by atoms with Gasteiger partial charge in [0.05, 0.1) is 6.10 Å². The molecule has 0 aliphatic heterocycles. The largest absolute Gasteiger partial charge is 0.481 e. The number of halogens is 2. The molecule has 1 heterocycles. The summed E-state index contributed by atoms with van der Waals surface area (Å²) in [5.74, 6) is -0.840. The zero-order valence-corrected chi connectivity index (χ0v) is 10.9. The van der Waals surface area contributed by atoms with Gasteiger partial charge in [-0.25, -0.2) is 0 Å².